The van der Waals surface area contributed by atoms with Gasteiger partial charge in [0, 0.05) is 0 Å². The van der Waals surface area contributed by atoms with Crippen molar-refractivity contribution in [3.63, 3.8) is 0 Å². The number of methoxy groups -OCH3 is 1. The summed E-state index contributed by atoms with van der Waals surface area (Å²) in [7, 11) is 1.69. The van der Waals surface area contributed by atoms with Gasteiger partial charge in [-0.1, -0.05) is 50.2 Å². The van der Waals surface area contributed by atoms with E-state index in [2.05, 4.69) is 50.2 Å². The van der Waals surface area contributed by atoms with Gasteiger partial charge in [0.25, 0.3) is 0 Å². The minimum absolute atomic E-state index is 0.563. The molecule has 1 heteroatoms. The monoisotopic (exact) mass is 226 g/mol. The van der Waals surface area contributed by atoms with Crippen molar-refractivity contribution in [3.05, 3.63) is 54.1 Å². The minimum atomic E-state index is 0.563. The van der Waals surface area contributed by atoms with Gasteiger partial charge in [0.2, 0.25) is 0 Å². The fraction of sp³-hybridized carbons (Fsp3) is 0.250. The molecule has 0 spiro atoms. The first kappa shape index (κ1) is 11.7. The van der Waals surface area contributed by atoms with Crippen LogP contribution in [0.5, 0.6) is 5.75 Å². The first-order chi connectivity index (χ1) is 8.20. The third kappa shape index (κ3) is 2.68. The Kier molecular flexibility index (Phi) is 3.48. The molecule has 0 unspecified atom stereocenters. The highest BCUT2D eigenvalue weighted by atomic mass is 16.5. The lowest BCUT2D eigenvalue weighted by atomic mass is 9.97. The van der Waals surface area contributed by atoms with Gasteiger partial charge < -0.3 is 4.74 Å². The molecule has 0 saturated carbocycles. The lowest BCUT2D eigenvalue weighted by Gasteiger charge is -2.08. The van der Waals surface area contributed by atoms with E-state index >= 15 is 0 Å². The Morgan fingerprint density at radius 2 is 1.59 bits per heavy atom. The average Bonchev–Trinajstić information content (AvgIpc) is 2.39. The molecule has 2 rings (SSSR count). The van der Waals surface area contributed by atoms with Crippen molar-refractivity contribution >= 4 is 0 Å². The number of ether oxygens (including phenoxy) is 1. The van der Waals surface area contributed by atoms with Crippen molar-refractivity contribution in [2.24, 2.45) is 0 Å². The third-order valence-electron chi connectivity index (χ3n) is 2.98. The summed E-state index contributed by atoms with van der Waals surface area (Å²) in [6.07, 6.45) is 0. The van der Waals surface area contributed by atoms with E-state index in [1.165, 1.54) is 16.7 Å². The number of hydrogen-bond acceptors (Lipinski definition) is 1. The molecule has 17 heavy (non-hydrogen) atoms. The summed E-state index contributed by atoms with van der Waals surface area (Å²) in [4.78, 5) is 0. The summed E-state index contributed by atoms with van der Waals surface area (Å²) in [6.45, 7) is 4.43. The first-order valence-corrected chi connectivity index (χ1v) is 5.95. The van der Waals surface area contributed by atoms with Gasteiger partial charge in [-0.15, -0.1) is 0 Å². The van der Waals surface area contributed by atoms with E-state index in [-0.39, 0.29) is 0 Å². The van der Waals surface area contributed by atoms with Crippen LogP contribution in [0.25, 0.3) is 11.1 Å². The molecular weight excluding hydrogens is 208 g/mol. The maximum atomic E-state index is 5.17. The molecule has 2 aromatic carbocycles. The van der Waals surface area contributed by atoms with Crippen LogP contribution in [0.15, 0.2) is 48.5 Å². The largest absolute Gasteiger partial charge is 0.497 e. The maximum Gasteiger partial charge on any atom is 0.118 e. The van der Waals surface area contributed by atoms with Gasteiger partial charge in [0.05, 0.1) is 7.11 Å². The molecule has 0 aromatic heterocycles. The SMILES string of the molecule is COc1ccc(-c2cccc(C(C)C)c2)cc1. The van der Waals surface area contributed by atoms with Crippen LogP contribution in [-0.4, -0.2) is 7.11 Å². The summed E-state index contributed by atoms with van der Waals surface area (Å²) in [5.41, 5.74) is 3.87. The lowest BCUT2D eigenvalue weighted by molar-refractivity contribution is 0.415. The summed E-state index contributed by atoms with van der Waals surface area (Å²) < 4.78 is 5.17. The number of benzene rings is 2. The maximum absolute atomic E-state index is 5.17. The lowest BCUT2D eigenvalue weighted by Crippen LogP contribution is -1.88. The highest BCUT2D eigenvalue weighted by molar-refractivity contribution is 5.65. The van der Waals surface area contributed by atoms with Crippen LogP contribution in [0.3, 0.4) is 0 Å². The predicted molar refractivity (Wildman–Crippen MR) is 72.5 cm³/mol. The molecule has 0 radical (unpaired) electrons. The Morgan fingerprint density at radius 3 is 2.18 bits per heavy atom. The van der Waals surface area contributed by atoms with Crippen molar-refractivity contribution in [1.29, 1.82) is 0 Å². The van der Waals surface area contributed by atoms with Gasteiger partial charge >= 0.3 is 0 Å². The van der Waals surface area contributed by atoms with Gasteiger partial charge in [-0.2, -0.15) is 0 Å². The van der Waals surface area contributed by atoms with Crippen LogP contribution in [0, 0.1) is 0 Å². The first-order valence-electron chi connectivity index (χ1n) is 5.95. The molecule has 0 heterocycles. The molecule has 0 bridgehead atoms. The van der Waals surface area contributed by atoms with E-state index < -0.39 is 0 Å². The van der Waals surface area contributed by atoms with Crippen molar-refractivity contribution < 1.29 is 4.74 Å². The molecule has 0 saturated heterocycles. The summed E-state index contributed by atoms with van der Waals surface area (Å²) in [6, 6.07) is 16.9. The van der Waals surface area contributed by atoms with Gasteiger partial charge in [-0.05, 0) is 34.7 Å². The van der Waals surface area contributed by atoms with E-state index in [1.54, 1.807) is 7.11 Å². The molecule has 0 N–H and O–H groups in total. The van der Waals surface area contributed by atoms with E-state index in [4.69, 9.17) is 4.74 Å². The highest BCUT2D eigenvalue weighted by Gasteiger charge is 2.02. The molecule has 0 aliphatic rings. The van der Waals surface area contributed by atoms with Gasteiger partial charge in [-0.3, -0.25) is 0 Å². The van der Waals surface area contributed by atoms with E-state index in [0.29, 0.717) is 5.92 Å². The van der Waals surface area contributed by atoms with Crippen LogP contribution in [0.2, 0.25) is 0 Å². The second kappa shape index (κ2) is 5.05. The second-order valence-corrected chi connectivity index (χ2v) is 4.51. The zero-order valence-corrected chi connectivity index (χ0v) is 10.6. The van der Waals surface area contributed by atoms with Crippen molar-refractivity contribution in [3.8, 4) is 16.9 Å². The Bertz CT molecular complexity index is 483. The summed E-state index contributed by atoms with van der Waals surface area (Å²) in [5, 5.41) is 0. The Labute approximate surface area is 103 Å². The quantitative estimate of drug-likeness (QED) is 0.749. The zero-order chi connectivity index (χ0) is 12.3. The van der Waals surface area contributed by atoms with Crippen molar-refractivity contribution in [2.75, 3.05) is 7.11 Å². The Hall–Kier alpha value is -1.76. The number of hydrogen-bond donors (Lipinski definition) is 0. The molecule has 0 aliphatic heterocycles. The molecule has 0 fully saturated rings. The fourth-order valence-corrected chi connectivity index (χ4v) is 1.86. The van der Waals surface area contributed by atoms with Gasteiger partial charge in [0.1, 0.15) is 5.75 Å². The van der Waals surface area contributed by atoms with Gasteiger partial charge in [0.15, 0.2) is 0 Å². The summed E-state index contributed by atoms with van der Waals surface area (Å²) in [5.74, 6) is 1.46. The predicted octanol–water partition coefficient (Wildman–Crippen LogP) is 4.49. The minimum Gasteiger partial charge on any atom is -0.497 e. The van der Waals surface area contributed by atoms with E-state index in [9.17, 15) is 0 Å². The van der Waals surface area contributed by atoms with Crippen LogP contribution < -0.4 is 4.74 Å². The molecule has 1 nitrogen and oxygen atoms in total. The zero-order valence-electron chi connectivity index (χ0n) is 10.6. The normalized spacial score (nSPS) is 10.6. The third-order valence-corrected chi connectivity index (χ3v) is 2.98. The van der Waals surface area contributed by atoms with Crippen molar-refractivity contribution in [2.45, 2.75) is 19.8 Å². The molecule has 0 atom stereocenters. The molecular formula is C16H18O. The molecule has 0 aliphatic carbocycles. The Morgan fingerprint density at radius 1 is 0.882 bits per heavy atom. The average molecular weight is 226 g/mol. The van der Waals surface area contributed by atoms with Crippen molar-refractivity contribution in [1.82, 2.24) is 0 Å². The van der Waals surface area contributed by atoms with Crippen LogP contribution >= 0.6 is 0 Å². The molecule has 88 valence electrons. The summed E-state index contributed by atoms with van der Waals surface area (Å²) >= 11 is 0. The standard InChI is InChI=1S/C16H18O/c1-12(2)14-5-4-6-15(11-14)13-7-9-16(17-3)10-8-13/h4-12H,1-3H3. The molecule has 2 aromatic rings. The highest BCUT2D eigenvalue weighted by Crippen LogP contribution is 2.25. The van der Waals surface area contributed by atoms with Gasteiger partial charge in [-0.25, -0.2) is 0 Å². The van der Waals surface area contributed by atoms with E-state index in [1.807, 2.05) is 12.1 Å². The smallest absolute Gasteiger partial charge is 0.118 e. The number of rotatable bonds is 3. The van der Waals surface area contributed by atoms with Crippen LogP contribution in [-0.2, 0) is 0 Å². The van der Waals surface area contributed by atoms with E-state index in [0.717, 1.165) is 5.75 Å². The Balaban J connectivity index is 2.35. The topological polar surface area (TPSA) is 9.23 Å². The second-order valence-electron chi connectivity index (χ2n) is 4.51. The fourth-order valence-electron chi connectivity index (χ4n) is 1.86. The van der Waals surface area contributed by atoms with Crippen LogP contribution in [0.4, 0.5) is 0 Å². The molecule has 0 amide bonds. The van der Waals surface area contributed by atoms with Crippen LogP contribution in [0.1, 0.15) is 25.3 Å².